The van der Waals surface area contributed by atoms with E-state index in [-0.39, 0.29) is 23.4 Å². The number of non-ortho nitro benzene ring substituents is 1. The zero-order valence-electron chi connectivity index (χ0n) is 15.5. The molecule has 2 rings (SSSR count). The summed E-state index contributed by atoms with van der Waals surface area (Å²) in [7, 11) is 2.01. The maximum absolute atomic E-state index is 13.0. The van der Waals surface area contributed by atoms with E-state index in [2.05, 4.69) is 10.2 Å². The van der Waals surface area contributed by atoms with Gasteiger partial charge in [0.15, 0.2) is 0 Å². The fourth-order valence-corrected chi connectivity index (χ4v) is 2.99. The standard InChI is InChI=1S/C18H26N4O4/c1-4-16(23)19-17(18(24)21-11-9-20(3)10-12-21)13(2)14-5-7-15(8-6-14)22(25)26/h5-8,13,17H,4,9-12H2,1-3H3,(H,19,23)/t13-,17+/m0/s1. The Hall–Kier alpha value is -2.48. The molecule has 142 valence electrons. The molecular formula is C18H26N4O4. The second-order valence-electron chi connectivity index (χ2n) is 6.66. The van der Waals surface area contributed by atoms with Crippen molar-refractivity contribution in [1.82, 2.24) is 15.1 Å². The third-order valence-electron chi connectivity index (χ3n) is 4.85. The summed E-state index contributed by atoms with van der Waals surface area (Å²) >= 11 is 0. The van der Waals surface area contributed by atoms with Gasteiger partial charge >= 0.3 is 0 Å². The lowest BCUT2D eigenvalue weighted by Gasteiger charge is -2.36. The van der Waals surface area contributed by atoms with Crippen LogP contribution < -0.4 is 5.32 Å². The lowest BCUT2D eigenvalue weighted by molar-refractivity contribution is -0.384. The highest BCUT2D eigenvalue weighted by Crippen LogP contribution is 2.24. The lowest BCUT2D eigenvalue weighted by Crippen LogP contribution is -2.55. The van der Waals surface area contributed by atoms with Crippen LogP contribution in [0.2, 0.25) is 0 Å². The monoisotopic (exact) mass is 362 g/mol. The van der Waals surface area contributed by atoms with Gasteiger partial charge in [-0.1, -0.05) is 26.0 Å². The minimum Gasteiger partial charge on any atom is -0.344 e. The first-order chi connectivity index (χ1) is 12.3. The van der Waals surface area contributed by atoms with E-state index >= 15 is 0 Å². The van der Waals surface area contributed by atoms with E-state index < -0.39 is 11.0 Å². The molecule has 1 aliphatic rings. The Morgan fingerprint density at radius 2 is 1.77 bits per heavy atom. The second-order valence-corrected chi connectivity index (χ2v) is 6.66. The molecule has 0 aliphatic carbocycles. The first-order valence-corrected chi connectivity index (χ1v) is 8.84. The number of hydrogen-bond acceptors (Lipinski definition) is 5. The van der Waals surface area contributed by atoms with E-state index in [0.717, 1.165) is 18.7 Å². The van der Waals surface area contributed by atoms with Gasteiger partial charge in [0.1, 0.15) is 6.04 Å². The van der Waals surface area contributed by atoms with Crippen LogP contribution in [0.4, 0.5) is 5.69 Å². The van der Waals surface area contributed by atoms with Crippen molar-refractivity contribution < 1.29 is 14.5 Å². The summed E-state index contributed by atoms with van der Waals surface area (Å²) in [6.45, 7) is 6.44. The number of amides is 2. The molecule has 1 fully saturated rings. The van der Waals surface area contributed by atoms with Gasteiger partial charge in [-0.15, -0.1) is 0 Å². The molecular weight excluding hydrogens is 336 g/mol. The van der Waals surface area contributed by atoms with Gasteiger partial charge in [0, 0.05) is 50.7 Å². The van der Waals surface area contributed by atoms with Crippen molar-refractivity contribution in [2.75, 3.05) is 33.2 Å². The Morgan fingerprint density at radius 3 is 2.27 bits per heavy atom. The maximum atomic E-state index is 13.0. The van der Waals surface area contributed by atoms with Crippen LogP contribution in [0.15, 0.2) is 24.3 Å². The predicted molar refractivity (Wildman–Crippen MR) is 97.8 cm³/mol. The summed E-state index contributed by atoms with van der Waals surface area (Å²) in [4.78, 5) is 39.3. The van der Waals surface area contributed by atoms with Crippen LogP contribution in [0.5, 0.6) is 0 Å². The van der Waals surface area contributed by atoms with Crippen LogP contribution >= 0.6 is 0 Å². The zero-order chi connectivity index (χ0) is 19.3. The van der Waals surface area contributed by atoms with Gasteiger partial charge in [-0.2, -0.15) is 0 Å². The summed E-state index contributed by atoms with van der Waals surface area (Å²) in [6, 6.07) is 5.44. The number of carbonyl (C=O) groups excluding carboxylic acids is 2. The summed E-state index contributed by atoms with van der Waals surface area (Å²) in [5.41, 5.74) is 0.778. The number of benzene rings is 1. The van der Waals surface area contributed by atoms with E-state index in [1.165, 1.54) is 12.1 Å². The summed E-state index contributed by atoms with van der Waals surface area (Å²) in [5, 5.41) is 13.7. The zero-order valence-corrected chi connectivity index (χ0v) is 15.5. The Kier molecular flexibility index (Phi) is 6.68. The smallest absolute Gasteiger partial charge is 0.269 e. The molecule has 1 saturated heterocycles. The number of nitrogens with zero attached hydrogens (tertiary/aromatic N) is 3. The van der Waals surface area contributed by atoms with Crippen LogP contribution in [-0.4, -0.2) is 65.8 Å². The Labute approximate surface area is 153 Å². The van der Waals surface area contributed by atoms with Crippen molar-refractivity contribution in [2.45, 2.75) is 32.2 Å². The van der Waals surface area contributed by atoms with E-state index in [9.17, 15) is 19.7 Å². The molecule has 1 aromatic rings. The minimum atomic E-state index is -0.688. The average Bonchev–Trinajstić information content (AvgIpc) is 2.65. The maximum Gasteiger partial charge on any atom is 0.269 e. The molecule has 2 atom stereocenters. The van der Waals surface area contributed by atoms with Gasteiger partial charge in [0.25, 0.3) is 5.69 Å². The van der Waals surface area contributed by atoms with Crippen molar-refractivity contribution in [2.24, 2.45) is 0 Å². The SMILES string of the molecule is CCC(=O)N[C@@H](C(=O)N1CCN(C)CC1)[C@@H](C)c1ccc([N+](=O)[O-])cc1. The van der Waals surface area contributed by atoms with Crippen molar-refractivity contribution in [3.63, 3.8) is 0 Å². The molecule has 0 saturated carbocycles. The van der Waals surface area contributed by atoms with Gasteiger partial charge in [0.2, 0.25) is 11.8 Å². The quantitative estimate of drug-likeness (QED) is 0.609. The Bertz CT molecular complexity index is 654. The predicted octanol–water partition coefficient (Wildman–Crippen LogP) is 1.37. The van der Waals surface area contributed by atoms with Crippen LogP contribution in [-0.2, 0) is 9.59 Å². The van der Waals surface area contributed by atoms with Crippen molar-refractivity contribution in [3.05, 3.63) is 39.9 Å². The van der Waals surface area contributed by atoms with Gasteiger partial charge in [-0.3, -0.25) is 19.7 Å². The van der Waals surface area contributed by atoms with Gasteiger partial charge in [0.05, 0.1) is 4.92 Å². The average molecular weight is 362 g/mol. The topological polar surface area (TPSA) is 95.8 Å². The summed E-state index contributed by atoms with van der Waals surface area (Å²) in [5.74, 6) is -0.588. The number of likely N-dealkylation sites (N-methyl/N-ethyl adjacent to an activating group) is 1. The molecule has 0 unspecified atom stereocenters. The number of hydrogen-bond donors (Lipinski definition) is 1. The Morgan fingerprint density at radius 1 is 1.19 bits per heavy atom. The molecule has 1 N–H and O–H groups in total. The molecule has 1 aliphatic heterocycles. The Balaban J connectivity index is 2.20. The molecule has 26 heavy (non-hydrogen) atoms. The largest absolute Gasteiger partial charge is 0.344 e. The minimum absolute atomic E-state index is 0.000452. The van der Waals surface area contributed by atoms with Gasteiger partial charge < -0.3 is 15.1 Å². The van der Waals surface area contributed by atoms with Crippen LogP contribution in [0, 0.1) is 10.1 Å². The lowest BCUT2D eigenvalue weighted by atomic mass is 9.91. The number of nitro benzene ring substituents is 1. The summed E-state index contributed by atoms with van der Waals surface area (Å²) in [6.07, 6.45) is 0.291. The molecule has 0 spiro atoms. The van der Waals surface area contributed by atoms with E-state index in [1.807, 2.05) is 14.0 Å². The first-order valence-electron chi connectivity index (χ1n) is 8.84. The van der Waals surface area contributed by atoms with E-state index in [1.54, 1.807) is 24.0 Å². The molecule has 0 aromatic heterocycles. The van der Waals surface area contributed by atoms with Crippen LogP contribution in [0.1, 0.15) is 31.7 Å². The molecule has 2 amide bonds. The highest BCUT2D eigenvalue weighted by molar-refractivity contribution is 5.88. The van der Waals surface area contributed by atoms with Crippen LogP contribution in [0.3, 0.4) is 0 Å². The highest BCUT2D eigenvalue weighted by Gasteiger charge is 2.32. The second kappa shape index (κ2) is 8.75. The highest BCUT2D eigenvalue weighted by atomic mass is 16.6. The molecule has 0 radical (unpaired) electrons. The molecule has 1 heterocycles. The first kappa shape index (κ1) is 19.8. The molecule has 1 aromatic carbocycles. The van der Waals surface area contributed by atoms with Crippen molar-refractivity contribution in [3.8, 4) is 0 Å². The fraction of sp³-hybridized carbons (Fsp3) is 0.556. The molecule has 8 heteroatoms. The third kappa shape index (κ3) is 4.78. The van der Waals surface area contributed by atoms with E-state index in [0.29, 0.717) is 19.5 Å². The third-order valence-corrected chi connectivity index (χ3v) is 4.85. The number of carbonyl (C=O) groups is 2. The number of nitro groups is 1. The fourth-order valence-electron chi connectivity index (χ4n) is 2.99. The molecule has 0 bridgehead atoms. The van der Waals surface area contributed by atoms with Crippen molar-refractivity contribution in [1.29, 1.82) is 0 Å². The van der Waals surface area contributed by atoms with Crippen LogP contribution in [0.25, 0.3) is 0 Å². The van der Waals surface area contributed by atoms with Gasteiger partial charge in [-0.25, -0.2) is 0 Å². The van der Waals surface area contributed by atoms with Gasteiger partial charge in [-0.05, 0) is 12.6 Å². The number of nitrogens with one attached hydrogen (secondary N) is 1. The van der Waals surface area contributed by atoms with E-state index in [4.69, 9.17) is 0 Å². The normalized spacial score (nSPS) is 17.4. The van der Waals surface area contributed by atoms with Crippen molar-refractivity contribution >= 4 is 17.5 Å². The number of rotatable bonds is 6. The summed E-state index contributed by atoms with van der Waals surface area (Å²) < 4.78 is 0. The molecule has 8 nitrogen and oxygen atoms in total. The number of piperazine rings is 1.